The zero-order valence-electron chi connectivity index (χ0n) is 11.4. The number of carbonyl (C=O) groups excluding carboxylic acids is 1. The molecular formula is C15H21FN2O. The summed E-state index contributed by atoms with van der Waals surface area (Å²) in [5.74, 6) is -0.0945. The van der Waals surface area contributed by atoms with Crippen molar-refractivity contribution in [2.45, 2.75) is 38.1 Å². The predicted molar refractivity (Wildman–Crippen MR) is 73.1 cm³/mol. The maximum atomic E-state index is 12.9. The molecule has 0 bridgehead atoms. The Morgan fingerprint density at radius 3 is 2.47 bits per heavy atom. The van der Waals surface area contributed by atoms with Crippen LogP contribution in [0.15, 0.2) is 24.3 Å². The summed E-state index contributed by atoms with van der Waals surface area (Å²) in [6.45, 7) is 4.61. The quantitative estimate of drug-likeness (QED) is 0.873. The number of hydrogen-bond acceptors (Lipinski definition) is 2. The van der Waals surface area contributed by atoms with E-state index < -0.39 is 0 Å². The van der Waals surface area contributed by atoms with Gasteiger partial charge in [0.05, 0.1) is 0 Å². The van der Waals surface area contributed by atoms with Gasteiger partial charge in [0.2, 0.25) is 5.91 Å². The van der Waals surface area contributed by atoms with Crippen molar-refractivity contribution in [1.29, 1.82) is 0 Å². The fourth-order valence-corrected chi connectivity index (χ4v) is 2.33. The molecule has 19 heavy (non-hydrogen) atoms. The fraction of sp³-hybridized carbons (Fsp3) is 0.533. The second-order valence-electron chi connectivity index (χ2n) is 6.04. The zero-order chi connectivity index (χ0) is 14.0. The summed E-state index contributed by atoms with van der Waals surface area (Å²) >= 11 is 0. The Labute approximate surface area is 113 Å². The number of rotatable bonds is 4. The normalized spacial score (nSPS) is 22.7. The Bertz CT molecular complexity index is 450. The largest absolute Gasteiger partial charge is 0.355 e. The van der Waals surface area contributed by atoms with Crippen LogP contribution in [0.2, 0.25) is 0 Å². The molecule has 2 rings (SSSR count). The third-order valence-corrected chi connectivity index (χ3v) is 3.88. The molecule has 1 aliphatic carbocycles. The Balaban J connectivity index is 1.90. The summed E-state index contributed by atoms with van der Waals surface area (Å²) in [7, 11) is 0. The van der Waals surface area contributed by atoms with Crippen molar-refractivity contribution in [3.8, 4) is 0 Å². The fourth-order valence-electron chi connectivity index (χ4n) is 2.33. The lowest BCUT2D eigenvalue weighted by molar-refractivity contribution is -0.128. The van der Waals surface area contributed by atoms with Gasteiger partial charge in [0.15, 0.2) is 0 Å². The number of halogens is 1. The van der Waals surface area contributed by atoms with Gasteiger partial charge in [-0.25, -0.2) is 4.39 Å². The minimum Gasteiger partial charge on any atom is -0.355 e. The number of benzene rings is 1. The van der Waals surface area contributed by atoms with Gasteiger partial charge in [-0.3, -0.25) is 4.79 Å². The first-order valence-corrected chi connectivity index (χ1v) is 6.68. The number of amides is 1. The Morgan fingerprint density at radius 2 is 1.95 bits per heavy atom. The highest BCUT2D eigenvalue weighted by atomic mass is 19.1. The van der Waals surface area contributed by atoms with E-state index in [1.165, 1.54) is 12.1 Å². The van der Waals surface area contributed by atoms with Crippen LogP contribution in [0.3, 0.4) is 0 Å². The molecule has 3 N–H and O–H groups in total. The third-order valence-electron chi connectivity index (χ3n) is 3.88. The lowest BCUT2D eigenvalue weighted by Crippen LogP contribution is -2.47. The molecule has 0 saturated heterocycles. The molecule has 0 heterocycles. The summed E-state index contributed by atoms with van der Waals surface area (Å²) in [4.78, 5) is 11.9. The van der Waals surface area contributed by atoms with Gasteiger partial charge in [0.25, 0.3) is 0 Å². The second kappa shape index (κ2) is 5.29. The molecular weight excluding hydrogens is 243 g/mol. The van der Waals surface area contributed by atoms with Crippen molar-refractivity contribution >= 4 is 5.91 Å². The van der Waals surface area contributed by atoms with Gasteiger partial charge in [-0.1, -0.05) is 26.0 Å². The van der Waals surface area contributed by atoms with Crippen LogP contribution in [0.25, 0.3) is 0 Å². The SMILES string of the molecule is CC(C)(CNC(=O)C1CC(N)C1)c1ccc(F)cc1. The van der Waals surface area contributed by atoms with E-state index in [0.717, 1.165) is 18.4 Å². The Hall–Kier alpha value is -1.42. The second-order valence-corrected chi connectivity index (χ2v) is 6.04. The Morgan fingerprint density at radius 1 is 1.37 bits per heavy atom. The van der Waals surface area contributed by atoms with E-state index in [0.29, 0.717) is 6.54 Å². The first-order chi connectivity index (χ1) is 8.88. The zero-order valence-corrected chi connectivity index (χ0v) is 11.4. The van der Waals surface area contributed by atoms with Crippen molar-refractivity contribution < 1.29 is 9.18 Å². The van der Waals surface area contributed by atoms with Crippen molar-refractivity contribution in [1.82, 2.24) is 5.32 Å². The lowest BCUT2D eigenvalue weighted by atomic mass is 9.79. The van der Waals surface area contributed by atoms with E-state index in [1.807, 2.05) is 13.8 Å². The highest BCUT2D eigenvalue weighted by Gasteiger charge is 2.32. The third kappa shape index (κ3) is 3.32. The standard InChI is InChI=1S/C15H21FN2O/c1-15(2,11-3-5-12(16)6-4-11)9-18-14(19)10-7-13(17)8-10/h3-6,10,13H,7-9,17H2,1-2H3,(H,18,19). The summed E-state index contributed by atoms with van der Waals surface area (Å²) in [5, 5.41) is 2.97. The van der Waals surface area contributed by atoms with E-state index in [1.54, 1.807) is 12.1 Å². The smallest absolute Gasteiger partial charge is 0.223 e. The van der Waals surface area contributed by atoms with E-state index in [9.17, 15) is 9.18 Å². The minimum atomic E-state index is -0.243. The number of nitrogens with two attached hydrogens (primary N) is 1. The highest BCUT2D eigenvalue weighted by Crippen LogP contribution is 2.27. The minimum absolute atomic E-state index is 0.0685. The molecule has 104 valence electrons. The number of nitrogens with one attached hydrogen (secondary N) is 1. The average Bonchev–Trinajstić information content (AvgIpc) is 2.33. The number of carbonyl (C=O) groups is 1. The molecule has 0 spiro atoms. The van der Waals surface area contributed by atoms with Crippen LogP contribution >= 0.6 is 0 Å². The molecule has 0 radical (unpaired) electrons. The predicted octanol–water partition coefficient (Wildman–Crippen LogP) is 1.96. The highest BCUT2D eigenvalue weighted by molar-refractivity contribution is 5.79. The first kappa shape index (κ1) is 14.0. The van der Waals surface area contributed by atoms with Crippen molar-refractivity contribution in [2.75, 3.05) is 6.54 Å². The monoisotopic (exact) mass is 264 g/mol. The average molecular weight is 264 g/mol. The molecule has 1 aromatic rings. The molecule has 1 fully saturated rings. The van der Waals surface area contributed by atoms with Gasteiger partial charge in [-0.15, -0.1) is 0 Å². The van der Waals surface area contributed by atoms with Crippen LogP contribution in [0.4, 0.5) is 4.39 Å². The van der Waals surface area contributed by atoms with Gasteiger partial charge in [0.1, 0.15) is 5.82 Å². The molecule has 1 amide bonds. The molecule has 1 aromatic carbocycles. The maximum absolute atomic E-state index is 12.9. The summed E-state index contributed by atoms with van der Waals surface area (Å²) < 4.78 is 12.9. The van der Waals surface area contributed by atoms with Gasteiger partial charge >= 0.3 is 0 Å². The van der Waals surface area contributed by atoms with E-state index in [4.69, 9.17) is 5.73 Å². The maximum Gasteiger partial charge on any atom is 0.223 e. The molecule has 4 heteroatoms. The van der Waals surface area contributed by atoms with Crippen LogP contribution in [0.5, 0.6) is 0 Å². The van der Waals surface area contributed by atoms with E-state index in [-0.39, 0.29) is 29.1 Å². The topological polar surface area (TPSA) is 55.1 Å². The van der Waals surface area contributed by atoms with Crippen LogP contribution in [-0.2, 0) is 10.2 Å². The summed E-state index contributed by atoms with van der Waals surface area (Å²) in [6, 6.07) is 6.61. The number of hydrogen-bond donors (Lipinski definition) is 2. The van der Waals surface area contributed by atoms with Gasteiger partial charge < -0.3 is 11.1 Å². The molecule has 1 saturated carbocycles. The molecule has 3 nitrogen and oxygen atoms in total. The summed E-state index contributed by atoms with van der Waals surface area (Å²) in [5.41, 5.74) is 6.48. The molecule has 0 aromatic heterocycles. The van der Waals surface area contributed by atoms with Crippen molar-refractivity contribution in [2.24, 2.45) is 11.7 Å². The Kier molecular flexibility index (Phi) is 3.90. The molecule has 1 aliphatic rings. The summed E-state index contributed by atoms with van der Waals surface area (Å²) in [6.07, 6.45) is 1.56. The van der Waals surface area contributed by atoms with Gasteiger partial charge in [0, 0.05) is 23.9 Å². The van der Waals surface area contributed by atoms with E-state index in [2.05, 4.69) is 5.32 Å². The van der Waals surface area contributed by atoms with Gasteiger partial charge in [-0.2, -0.15) is 0 Å². The van der Waals surface area contributed by atoms with Gasteiger partial charge in [-0.05, 0) is 30.5 Å². The molecule has 0 aliphatic heterocycles. The molecule has 0 unspecified atom stereocenters. The van der Waals surface area contributed by atoms with Crippen molar-refractivity contribution in [3.63, 3.8) is 0 Å². The van der Waals surface area contributed by atoms with Crippen LogP contribution in [-0.4, -0.2) is 18.5 Å². The van der Waals surface area contributed by atoms with E-state index >= 15 is 0 Å². The first-order valence-electron chi connectivity index (χ1n) is 6.68. The lowest BCUT2D eigenvalue weighted by Gasteiger charge is -2.33. The van der Waals surface area contributed by atoms with Crippen LogP contribution in [0.1, 0.15) is 32.3 Å². The molecule has 0 atom stereocenters. The van der Waals surface area contributed by atoms with Crippen LogP contribution < -0.4 is 11.1 Å². The van der Waals surface area contributed by atoms with Crippen molar-refractivity contribution in [3.05, 3.63) is 35.6 Å². The van der Waals surface area contributed by atoms with Crippen LogP contribution in [0, 0.1) is 11.7 Å².